The van der Waals surface area contributed by atoms with Gasteiger partial charge < -0.3 is 14.6 Å². The highest BCUT2D eigenvalue weighted by Crippen LogP contribution is 2.26. The zero-order chi connectivity index (χ0) is 12.8. The third kappa shape index (κ3) is 2.91. The molecule has 1 aromatic rings. The van der Waals surface area contributed by atoms with Crippen molar-refractivity contribution in [2.75, 3.05) is 7.11 Å². The lowest BCUT2D eigenvalue weighted by Gasteiger charge is -2.19. The monoisotopic (exact) mass is 236 g/mol. The molecule has 0 saturated carbocycles. The minimum absolute atomic E-state index is 0.158. The summed E-state index contributed by atoms with van der Waals surface area (Å²) < 4.78 is 4.63. The molecule has 17 heavy (non-hydrogen) atoms. The van der Waals surface area contributed by atoms with Crippen LogP contribution < -0.4 is 0 Å². The molecule has 0 bridgehead atoms. The molecule has 0 amide bonds. The average Bonchev–Trinajstić information content (AvgIpc) is 2.39. The number of aliphatic hydroxyl groups excluding tert-OH is 1. The molecule has 1 aromatic carbocycles. The maximum absolute atomic E-state index is 11.4. The predicted octanol–water partition coefficient (Wildman–Crippen LogP) is 1.27. The maximum Gasteiger partial charge on any atom is 0.309 e. The second-order valence-corrected chi connectivity index (χ2v) is 3.83. The third-order valence-corrected chi connectivity index (χ3v) is 2.84. The normalized spacial score (nSPS) is 13.8. The molecule has 0 spiro atoms. The van der Waals surface area contributed by atoms with Crippen LogP contribution in [0.25, 0.3) is 0 Å². The van der Waals surface area contributed by atoms with Gasteiger partial charge in [0.25, 0.3) is 0 Å². The fraction of sp³-hybridized carbons (Fsp3) is 0.385. The molecule has 0 saturated heterocycles. The Kier molecular flexibility index (Phi) is 4.84. The van der Waals surface area contributed by atoms with Crippen molar-refractivity contribution in [2.45, 2.75) is 19.4 Å². The van der Waals surface area contributed by atoms with Gasteiger partial charge in [0.05, 0.1) is 25.6 Å². The Balaban J connectivity index is 3.09. The Hall–Kier alpha value is -1.68. The van der Waals surface area contributed by atoms with Gasteiger partial charge in [0.2, 0.25) is 0 Å². The number of aliphatic hydroxyl groups is 1. The van der Waals surface area contributed by atoms with Crippen molar-refractivity contribution in [3.05, 3.63) is 35.4 Å². The van der Waals surface area contributed by atoms with Crippen LogP contribution in [0.1, 0.15) is 24.0 Å². The first-order valence-electron chi connectivity index (χ1n) is 5.37. The molecule has 2 unspecified atom stereocenters. The topological polar surface area (TPSA) is 63.6 Å². The van der Waals surface area contributed by atoms with Crippen LogP contribution in [0.5, 0.6) is 0 Å². The van der Waals surface area contributed by atoms with Crippen LogP contribution in [0.3, 0.4) is 0 Å². The van der Waals surface area contributed by atoms with Crippen LogP contribution in [-0.4, -0.2) is 24.5 Å². The van der Waals surface area contributed by atoms with Crippen molar-refractivity contribution in [3.8, 4) is 0 Å². The smallest absolute Gasteiger partial charge is 0.309 e. The molecule has 0 aliphatic rings. The molecule has 0 heterocycles. The van der Waals surface area contributed by atoms with E-state index in [1.165, 1.54) is 7.11 Å². The molecule has 0 radical (unpaired) electrons. The molecule has 4 heteroatoms. The molecule has 2 atom stereocenters. The summed E-state index contributed by atoms with van der Waals surface area (Å²) in [6.07, 6.45) is 0.718. The van der Waals surface area contributed by atoms with Gasteiger partial charge in [0, 0.05) is 0 Å². The Bertz CT molecular complexity index is 400. The first-order valence-corrected chi connectivity index (χ1v) is 5.37. The van der Waals surface area contributed by atoms with Gasteiger partial charge in [-0.2, -0.15) is 0 Å². The van der Waals surface area contributed by atoms with Crippen molar-refractivity contribution < 1.29 is 19.4 Å². The summed E-state index contributed by atoms with van der Waals surface area (Å²) in [4.78, 5) is 22.6. The Labute approximate surface area is 100 Å². The van der Waals surface area contributed by atoms with E-state index in [1.807, 2.05) is 0 Å². The van der Waals surface area contributed by atoms with Crippen LogP contribution in [0, 0.1) is 5.92 Å². The highest BCUT2D eigenvalue weighted by Gasteiger charge is 2.27. The van der Waals surface area contributed by atoms with E-state index in [0.29, 0.717) is 11.1 Å². The average molecular weight is 236 g/mol. The quantitative estimate of drug-likeness (QED) is 0.617. The number of aldehydes is 1. The lowest BCUT2D eigenvalue weighted by molar-refractivity contribution is -0.146. The molecule has 1 N–H and O–H groups in total. The first-order chi connectivity index (χ1) is 8.15. The van der Waals surface area contributed by atoms with Gasteiger partial charge in [-0.3, -0.25) is 4.79 Å². The van der Waals surface area contributed by atoms with Gasteiger partial charge in [0.15, 0.2) is 0 Å². The van der Waals surface area contributed by atoms with E-state index in [9.17, 15) is 14.7 Å². The fourth-order valence-corrected chi connectivity index (χ4v) is 1.80. The molecule has 0 aliphatic heterocycles. The number of benzene rings is 1. The van der Waals surface area contributed by atoms with Gasteiger partial charge in [0.1, 0.15) is 6.29 Å². The Morgan fingerprint density at radius 1 is 1.47 bits per heavy atom. The maximum atomic E-state index is 11.4. The minimum Gasteiger partial charge on any atom is -0.469 e. The van der Waals surface area contributed by atoms with Gasteiger partial charge in [-0.05, 0) is 11.1 Å². The zero-order valence-corrected chi connectivity index (χ0v) is 9.92. The standard InChI is InChI=1S/C13H16O4/c1-9(13(16)17-2)12(8-15)11-6-4-3-5-10(11)7-14/h3-6,8-9,12,14H,7H2,1-2H3. The Morgan fingerprint density at radius 3 is 2.65 bits per heavy atom. The van der Waals surface area contributed by atoms with Crippen molar-refractivity contribution in [1.82, 2.24) is 0 Å². The molecule has 0 fully saturated rings. The highest BCUT2D eigenvalue weighted by atomic mass is 16.5. The summed E-state index contributed by atoms with van der Waals surface area (Å²) in [5.41, 5.74) is 1.32. The molecule has 0 aliphatic carbocycles. The number of carbonyl (C=O) groups is 2. The van der Waals surface area contributed by atoms with Gasteiger partial charge in [-0.1, -0.05) is 31.2 Å². The van der Waals surface area contributed by atoms with Crippen LogP contribution in [0.2, 0.25) is 0 Å². The second kappa shape index (κ2) is 6.15. The number of hydrogen-bond donors (Lipinski definition) is 1. The predicted molar refractivity (Wildman–Crippen MR) is 62.3 cm³/mol. The summed E-state index contributed by atoms with van der Waals surface area (Å²) in [6, 6.07) is 7.02. The van der Waals surface area contributed by atoms with Gasteiger partial charge in [-0.25, -0.2) is 0 Å². The minimum atomic E-state index is -0.592. The zero-order valence-electron chi connectivity index (χ0n) is 9.92. The fourth-order valence-electron chi connectivity index (χ4n) is 1.80. The molecule has 1 rings (SSSR count). The van der Waals surface area contributed by atoms with E-state index >= 15 is 0 Å². The highest BCUT2D eigenvalue weighted by molar-refractivity contribution is 5.79. The first kappa shape index (κ1) is 13.4. The van der Waals surface area contributed by atoms with E-state index in [4.69, 9.17) is 0 Å². The lowest BCUT2D eigenvalue weighted by atomic mass is 9.86. The molecular formula is C13H16O4. The van der Waals surface area contributed by atoms with E-state index in [-0.39, 0.29) is 6.61 Å². The summed E-state index contributed by atoms with van der Waals surface area (Å²) in [7, 11) is 1.29. The number of hydrogen-bond acceptors (Lipinski definition) is 4. The summed E-state index contributed by atoms with van der Waals surface area (Å²) in [5, 5.41) is 9.21. The van der Waals surface area contributed by atoms with Crippen molar-refractivity contribution in [2.24, 2.45) is 5.92 Å². The molecule has 0 aromatic heterocycles. The second-order valence-electron chi connectivity index (χ2n) is 3.83. The van der Waals surface area contributed by atoms with Crippen LogP contribution in [-0.2, 0) is 20.9 Å². The van der Waals surface area contributed by atoms with Crippen molar-refractivity contribution in [1.29, 1.82) is 0 Å². The number of rotatable bonds is 5. The number of esters is 1. The van der Waals surface area contributed by atoms with Crippen LogP contribution in [0.15, 0.2) is 24.3 Å². The number of carbonyl (C=O) groups excluding carboxylic acids is 2. The summed E-state index contributed by atoms with van der Waals surface area (Å²) in [5.74, 6) is -1.59. The largest absolute Gasteiger partial charge is 0.469 e. The van der Waals surface area contributed by atoms with Gasteiger partial charge in [-0.15, -0.1) is 0 Å². The van der Waals surface area contributed by atoms with Crippen LogP contribution >= 0.6 is 0 Å². The third-order valence-electron chi connectivity index (χ3n) is 2.84. The number of methoxy groups -OCH3 is 1. The molecule has 4 nitrogen and oxygen atoms in total. The number of ether oxygens (including phenoxy) is 1. The van der Waals surface area contributed by atoms with Crippen LogP contribution in [0.4, 0.5) is 0 Å². The van der Waals surface area contributed by atoms with E-state index in [2.05, 4.69) is 4.74 Å². The SMILES string of the molecule is COC(=O)C(C)C(C=O)c1ccccc1CO. The van der Waals surface area contributed by atoms with Gasteiger partial charge >= 0.3 is 5.97 Å². The lowest BCUT2D eigenvalue weighted by Crippen LogP contribution is -2.22. The Morgan fingerprint density at radius 2 is 2.12 bits per heavy atom. The van der Waals surface area contributed by atoms with E-state index in [1.54, 1.807) is 31.2 Å². The summed E-state index contributed by atoms with van der Waals surface area (Å²) in [6.45, 7) is 1.48. The van der Waals surface area contributed by atoms with Crippen molar-refractivity contribution >= 4 is 12.3 Å². The molecular weight excluding hydrogens is 220 g/mol. The molecule has 92 valence electrons. The van der Waals surface area contributed by atoms with E-state index in [0.717, 1.165) is 6.29 Å². The summed E-state index contributed by atoms with van der Waals surface area (Å²) >= 11 is 0. The van der Waals surface area contributed by atoms with E-state index < -0.39 is 17.8 Å². The van der Waals surface area contributed by atoms with Crippen molar-refractivity contribution in [3.63, 3.8) is 0 Å².